The van der Waals surface area contributed by atoms with E-state index >= 15 is 0 Å². The van der Waals surface area contributed by atoms with Crippen LogP contribution in [-0.4, -0.2) is 17.5 Å². The maximum atomic E-state index is 9.97. The molecule has 2 nitrogen and oxygen atoms in total. The molecule has 0 saturated carbocycles. The molecule has 0 amide bonds. The summed E-state index contributed by atoms with van der Waals surface area (Å²) >= 11 is 0. The van der Waals surface area contributed by atoms with Crippen molar-refractivity contribution in [1.29, 1.82) is 0 Å². The maximum Gasteiger partial charge on any atom is 0.145 e. The maximum absolute atomic E-state index is 9.97. The molecule has 0 aromatic rings. The zero-order chi connectivity index (χ0) is 7.28. The summed E-state index contributed by atoms with van der Waals surface area (Å²) in [6.07, 6.45) is 2.71. The average molecular weight is 128 g/mol. The highest BCUT2D eigenvalue weighted by atomic mass is 16.3. The first kappa shape index (κ1) is 8.37. The molecule has 52 valence electrons. The molecule has 0 saturated heterocycles. The van der Waals surface area contributed by atoms with Crippen molar-refractivity contribution in [3.05, 3.63) is 11.6 Å². The molecule has 1 atom stereocenters. The Bertz CT molecular complexity index is 114. The van der Waals surface area contributed by atoms with Crippen molar-refractivity contribution >= 4 is 6.29 Å². The molecule has 1 N–H and O–H groups in total. The third-order valence-corrected chi connectivity index (χ3v) is 0.967. The summed E-state index contributed by atoms with van der Waals surface area (Å²) in [7, 11) is 0. The second kappa shape index (κ2) is 4.27. The molecule has 0 aliphatic carbocycles. The van der Waals surface area contributed by atoms with Crippen LogP contribution in [0.4, 0.5) is 0 Å². The predicted octanol–water partition coefficient (Wildman–Crippen LogP) is 0.903. The summed E-state index contributed by atoms with van der Waals surface area (Å²) in [4.78, 5) is 9.97. The lowest BCUT2D eigenvalue weighted by Crippen LogP contribution is -1.96. The lowest BCUT2D eigenvalue weighted by molar-refractivity contribution is -0.104. The number of hydrogen-bond donors (Lipinski definition) is 1. The quantitative estimate of drug-likeness (QED) is 0.453. The van der Waals surface area contributed by atoms with Gasteiger partial charge in [-0.1, -0.05) is 6.08 Å². The van der Waals surface area contributed by atoms with Crippen LogP contribution in [0.3, 0.4) is 0 Å². The summed E-state index contributed by atoms with van der Waals surface area (Å²) < 4.78 is 0. The van der Waals surface area contributed by atoms with Crippen LogP contribution in [0.15, 0.2) is 11.6 Å². The topological polar surface area (TPSA) is 37.3 Å². The number of aliphatic hydroxyl groups excluding tert-OH is 1. The second-order valence-electron chi connectivity index (χ2n) is 2.15. The molecule has 2 heteroatoms. The van der Waals surface area contributed by atoms with Gasteiger partial charge in [0, 0.05) is 0 Å². The molecule has 0 aliphatic heterocycles. The van der Waals surface area contributed by atoms with Gasteiger partial charge in [0.1, 0.15) is 6.29 Å². The van der Waals surface area contributed by atoms with Crippen molar-refractivity contribution < 1.29 is 9.90 Å². The fourth-order valence-electron chi connectivity index (χ4n) is 0.405. The fraction of sp³-hybridized carbons (Fsp3) is 0.571. The van der Waals surface area contributed by atoms with E-state index in [2.05, 4.69) is 0 Å². The molecule has 0 aromatic heterocycles. The summed E-state index contributed by atoms with van der Waals surface area (Å²) in [5.74, 6) is 0. The molecule has 0 rings (SSSR count). The van der Waals surface area contributed by atoms with Gasteiger partial charge in [0.2, 0.25) is 0 Å². The molecule has 0 aromatic carbocycles. The Balaban J connectivity index is 3.56. The number of aliphatic hydroxyl groups is 1. The monoisotopic (exact) mass is 128 g/mol. The summed E-state index contributed by atoms with van der Waals surface area (Å²) in [6, 6.07) is 0. The minimum atomic E-state index is -0.347. The number of carbonyl (C=O) groups is 1. The third kappa shape index (κ3) is 5.24. The SMILES string of the molecule is CC(C=O)=CCC(C)O. The molecule has 0 heterocycles. The van der Waals surface area contributed by atoms with E-state index in [4.69, 9.17) is 5.11 Å². The molecule has 0 bridgehead atoms. The van der Waals surface area contributed by atoms with E-state index < -0.39 is 0 Å². The largest absolute Gasteiger partial charge is 0.393 e. The Morgan fingerprint density at radius 3 is 2.67 bits per heavy atom. The fourth-order valence-corrected chi connectivity index (χ4v) is 0.405. The van der Waals surface area contributed by atoms with Gasteiger partial charge in [0.25, 0.3) is 0 Å². The smallest absolute Gasteiger partial charge is 0.145 e. The highest BCUT2D eigenvalue weighted by molar-refractivity contribution is 5.71. The molecular weight excluding hydrogens is 116 g/mol. The highest BCUT2D eigenvalue weighted by Gasteiger charge is 1.90. The van der Waals surface area contributed by atoms with Crippen molar-refractivity contribution in [1.82, 2.24) is 0 Å². The molecular formula is C7H12O2. The lowest BCUT2D eigenvalue weighted by Gasteiger charge is -1.95. The minimum absolute atomic E-state index is 0.347. The van der Waals surface area contributed by atoms with E-state index in [-0.39, 0.29) is 6.10 Å². The number of hydrogen-bond acceptors (Lipinski definition) is 2. The van der Waals surface area contributed by atoms with Gasteiger partial charge < -0.3 is 5.11 Å². The van der Waals surface area contributed by atoms with E-state index in [9.17, 15) is 4.79 Å². The second-order valence-corrected chi connectivity index (χ2v) is 2.15. The zero-order valence-electron chi connectivity index (χ0n) is 5.79. The van der Waals surface area contributed by atoms with Crippen LogP contribution in [0.1, 0.15) is 20.3 Å². The van der Waals surface area contributed by atoms with Crippen LogP contribution in [0.2, 0.25) is 0 Å². The highest BCUT2D eigenvalue weighted by Crippen LogP contribution is 1.94. The van der Waals surface area contributed by atoms with Gasteiger partial charge in [0.05, 0.1) is 6.10 Å². The van der Waals surface area contributed by atoms with Crippen molar-refractivity contribution in [3.63, 3.8) is 0 Å². The lowest BCUT2D eigenvalue weighted by atomic mass is 10.2. The normalized spacial score (nSPS) is 15.2. The van der Waals surface area contributed by atoms with E-state index in [1.165, 1.54) is 0 Å². The Morgan fingerprint density at radius 2 is 2.33 bits per heavy atom. The van der Waals surface area contributed by atoms with Crippen LogP contribution >= 0.6 is 0 Å². The molecule has 0 fully saturated rings. The van der Waals surface area contributed by atoms with E-state index in [1.807, 2.05) is 0 Å². The first-order chi connectivity index (χ1) is 4.16. The Labute approximate surface area is 55.2 Å². The van der Waals surface area contributed by atoms with Crippen molar-refractivity contribution in [2.24, 2.45) is 0 Å². The predicted molar refractivity (Wildman–Crippen MR) is 36.1 cm³/mol. The number of aldehydes is 1. The van der Waals surface area contributed by atoms with Crippen LogP contribution < -0.4 is 0 Å². The van der Waals surface area contributed by atoms with Gasteiger partial charge in [-0.25, -0.2) is 0 Å². The molecule has 9 heavy (non-hydrogen) atoms. The van der Waals surface area contributed by atoms with Crippen molar-refractivity contribution in [3.8, 4) is 0 Å². The summed E-state index contributed by atoms with van der Waals surface area (Å²) in [5.41, 5.74) is 0.677. The van der Waals surface area contributed by atoms with Gasteiger partial charge in [-0.05, 0) is 25.8 Å². The number of rotatable bonds is 3. The Kier molecular flexibility index (Phi) is 3.97. The molecule has 0 aliphatic rings. The van der Waals surface area contributed by atoms with Crippen LogP contribution in [-0.2, 0) is 4.79 Å². The Hall–Kier alpha value is -0.630. The van der Waals surface area contributed by atoms with Gasteiger partial charge in [0.15, 0.2) is 0 Å². The van der Waals surface area contributed by atoms with Gasteiger partial charge in [-0.2, -0.15) is 0 Å². The standard InChI is InChI=1S/C7H12O2/c1-6(5-8)3-4-7(2)9/h3,5,7,9H,4H2,1-2H3. The Morgan fingerprint density at radius 1 is 1.78 bits per heavy atom. The first-order valence-electron chi connectivity index (χ1n) is 2.97. The molecule has 0 spiro atoms. The van der Waals surface area contributed by atoms with E-state index in [0.29, 0.717) is 12.0 Å². The average Bonchev–Trinajstić information content (AvgIpc) is 1.83. The third-order valence-electron chi connectivity index (χ3n) is 0.967. The van der Waals surface area contributed by atoms with Crippen LogP contribution in [0.25, 0.3) is 0 Å². The van der Waals surface area contributed by atoms with E-state index in [0.717, 1.165) is 6.29 Å². The van der Waals surface area contributed by atoms with Crippen molar-refractivity contribution in [2.75, 3.05) is 0 Å². The van der Waals surface area contributed by atoms with Crippen LogP contribution in [0.5, 0.6) is 0 Å². The minimum Gasteiger partial charge on any atom is -0.393 e. The van der Waals surface area contributed by atoms with Crippen molar-refractivity contribution in [2.45, 2.75) is 26.4 Å². The van der Waals surface area contributed by atoms with E-state index in [1.54, 1.807) is 19.9 Å². The van der Waals surface area contributed by atoms with Gasteiger partial charge in [-0.15, -0.1) is 0 Å². The number of allylic oxidation sites excluding steroid dienone is 1. The van der Waals surface area contributed by atoms with Crippen LogP contribution in [0, 0.1) is 0 Å². The van der Waals surface area contributed by atoms with Gasteiger partial charge >= 0.3 is 0 Å². The molecule has 0 radical (unpaired) electrons. The first-order valence-corrected chi connectivity index (χ1v) is 2.97. The zero-order valence-corrected chi connectivity index (χ0v) is 5.79. The number of carbonyl (C=O) groups excluding carboxylic acids is 1. The molecule has 1 unspecified atom stereocenters. The van der Waals surface area contributed by atoms with Gasteiger partial charge in [-0.3, -0.25) is 4.79 Å². The summed E-state index contributed by atoms with van der Waals surface area (Å²) in [5, 5.41) is 8.74. The summed E-state index contributed by atoms with van der Waals surface area (Å²) in [6.45, 7) is 3.41.